The molecule has 106 valence electrons. The van der Waals surface area contributed by atoms with Crippen molar-refractivity contribution in [2.45, 2.75) is 18.9 Å². The molecule has 7 heteroatoms. The van der Waals surface area contributed by atoms with E-state index in [4.69, 9.17) is 32.5 Å². The van der Waals surface area contributed by atoms with Gasteiger partial charge in [-0.1, -0.05) is 28.4 Å². The Morgan fingerprint density at radius 1 is 1.35 bits per heavy atom. The number of aromatic nitrogens is 2. The van der Waals surface area contributed by atoms with Gasteiger partial charge in [0.25, 0.3) is 0 Å². The lowest BCUT2D eigenvalue weighted by molar-refractivity contribution is 0.253. The van der Waals surface area contributed by atoms with Gasteiger partial charge >= 0.3 is 0 Å². The van der Waals surface area contributed by atoms with E-state index in [1.807, 2.05) is 6.07 Å². The summed E-state index contributed by atoms with van der Waals surface area (Å²) in [5.41, 5.74) is 1.00. The molecule has 1 atom stereocenters. The Kier molecular flexibility index (Phi) is 4.10. The van der Waals surface area contributed by atoms with Crippen molar-refractivity contribution in [1.29, 1.82) is 0 Å². The topological polar surface area (TPSA) is 60.2 Å². The highest BCUT2D eigenvalue weighted by Gasteiger charge is 2.23. The predicted molar refractivity (Wildman–Crippen MR) is 75.3 cm³/mol. The van der Waals surface area contributed by atoms with Crippen LogP contribution in [0.4, 0.5) is 0 Å². The maximum absolute atomic E-state index is 6.16. The van der Waals surface area contributed by atoms with Gasteiger partial charge in [-0.2, -0.15) is 4.98 Å². The highest BCUT2D eigenvalue weighted by atomic mass is 35.5. The third-order valence-electron chi connectivity index (χ3n) is 3.21. The summed E-state index contributed by atoms with van der Waals surface area (Å²) < 4.78 is 10.3. The predicted octanol–water partition coefficient (Wildman–Crippen LogP) is 3.03. The summed E-state index contributed by atoms with van der Waals surface area (Å²) in [6.45, 7) is 1.38. The van der Waals surface area contributed by atoms with E-state index in [2.05, 4.69) is 15.5 Å². The minimum atomic E-state index is 0.168. The van der Waals surface area contributed by atoms with Crippen LogP contribution in [0.2, 0.25) is 10.0 Å². The molecule has 1 N–H and O–H groups in total. The molecular weight excluding hydrogens is 301 g/mol. The zero-order chi connectivity index (χ0) is 13.9. The van der Waals surface area contributed by atoms with Crippen molar-refractivity contribution >= 4 is 23.2 Å². The molecule has 1 aliphatic heterocycles. The van der Waals surface area contributed by atoms with Crippen LogP contribution in [0.3, 0.4) is 0 Å². The molecule has 0 aliphatic carbocycles. The summed E-state index contributed by atoms with van der Waals surface area (Å²) in [6.07, 6.45) is 2.91. The molecule has 1 aromatic heterocycles. The summed E-state index contributed by atoms with van der Waals surface area (Å²) in [6, 6.07) is 3.76. The van der Waals surface area contributed by atoms with Gasteiger partial charge in [0.05, 0.1) is 11.6 Å². The Morgan fingerprint density at radius 2 is 2.25 bits per heavy atom. The third kappa shape index (κ3) is 2.90. The number of nitrogens with one attached hydrogen (secondary N) is 1. The third-order valence-corrected chi connectivity index (χ3v) is 3.71. The SMILES string of the molecule is Clc1cc(Cl)c2c(c1)C(NCCc1ncon1)CCO2. The molecule has 2 heterocycles. The van der Waals surface area contributed by atoms with Gasteiger partial charge in [-0.25, -0.2) is 0 Å². The minimum absolute atomic E-state index is 0.168. The molecule has 0 radical (unpaired) electrons. The average Bonchev–Trinajstić information content (AvgIpc) is 2.92. The average molecular weight is 314 g/mol. The Morgan fingerprint density at radius 3 is 3.05 bits per heavy atom. The van der Waals surface area contributed by atoms with Crippen molar-refractivity contribution in [3.8, 4) is 5.75 Å². The second-order valence-corrected chi connectivity index (χ2v) is 5.39. The first-order chi connectivity index (χ1) is 9.74. The molecule has 1 aliphatic rings. The first-order valence-corrected chi connectivity index (χ1v) is 7.10. The van der Waals surface area contributed by atoms with Crippen LogP contribution in [-0.2, 0) is 6.42 Å². The Labute approximate surface area is 126 Å². The second kappa shape index (κ2) is 5.99. The van der Waals surface area contributed by atoms with E-state index < -0.39 is 0 Å². The van der Waals surface area contributed by atoms with Crippen molar-refractivity contribution in [2.24, 2.45) is 0 Å². The monoisotopic (exact) mass is 313 g/mol. The molecule has 1 aromatic carbocycles. The molecule has 5 nitrogen and oxygen atoms in total. The molecule has 0 bridgehead atoms. The van der Waals surface area contributed by atoms with E-state index in [9.17, 15) is 0 Å². The lowest BCUT2D eigenvalue weighted by Crippen LogP contribution is -2.29. The highest BCUT2D eigenvalue weighted by molar-refractivity contribution is 6.35. The van der Waals surface area contributed by atoms with Gasteiger partial charge in [-0.15, -0.1) is 0 Å². The molecule has 1 unspecified atom stereocenters. The summed E-state index contributed by atoms with van der Waals surface area (Å²) in [4.78, 5) is 3.99. The minimum Gasteiger partial charge on any atom is -0.492 e. The van der Waals surface area contributed by atoms with E-state index in [1.54, 1.807) is 6.07 Å². The highest BCUT2D eigenvalue weighted by Crippen LogP contribution is 2.39. The van der Waals surface area contributed by atoms with E-state index in [0.717, 1.165) is 24.3 Å². The molecule has 0 spiro atoms. The molecule has 0 fully saturated rings. The maximum Gasteiger partial charge on any atom is 0.213 e. The van der Waals surface area contributed by atoms with Crippen LogP contribution >= 0.6 is 23.2 Å². The largest absolute Gasteiger partial charge is 0.492 e. The number of rotatable bonds is 4. The summed E-state index contributed by atoms with van der Waals surface area (Å²) in [5, 5.41) is 8.40. The van der Waals surface area contributed by atoms with Crippen LogP contribution in [0.1, 0.15) is 23.9 Å². The molecule has 3 rings (SSSR count). The van der Waals surface area contributed by atoms with Crippen molar-refractivity contribution in [2.75, 3.05) is 13.2 Å². The quantitative estimate of drug-likeness (QED) is 0.940. The fraction of sp³-hybridized carbons (Fsp3) is 0.385. The molecular formula is C13H13Cl2N3O2. The standard InChI is InChI=1S/C13H13Cl2N3O2/c14-8-5-9-11(2-4-19-13(9)10(15)6-8)16-3-1-12-17-7-20-18-12/h5-7,11,16H,1-4H2. The van der Waals surface area contributed by atoms with Crippen molar-refractivity contribution in [3.63, 3.8) is 0 Å². The van der Waals surface area contributed by atoms with Crippen LogP contribution in [0.15, 0.2) is 23.0 Å². The van der Waals surface area contributed by atoms with Gasteiger partial charge in [-0.05, 0) is 12.1 Å². The van der Waals surface area contributed by atoms with E-state index in [-0.39, 0.29) is 6.04 Å². The number of ether oxygens (including phenoxy) is 1. The molecule has 2 aromatic rings. The zero-order valence-corrected chi connectivity index (χ0v) is 12.1. The zero-order valence-electron chi connectivity index (χ0n) is 10.6. The van der Waals surface area contributed by atoms with Gasteiger partial charge in [0, 0.05) is 36.0 Å². The van der Waals surface area contributed by atoms with Crippen molar-refractivity contribution in [3.05, 3.63) is 40.0 Å². The van der Waals surface area contributed by atoms with Crippen LogP contribution in [0.25, 0.3) is 0 Å². The number of hydrogen-bond acceptors (Lipinski definition) is 5. The van der Waals surface area contributed by atoms with Crippen molar-refractivity contribution in [1.82, 2.24) is 15.5 Å². The Balaban J connectivity index is 1.70. The summed E-state index contributed by atoms with van der Waals surface area (Å²) in [5.74, 6) is 1.41. The van der Waals surface area contributed by atoms with E-state index in [0.29, 0.717) is 28.9 Å². The molecule has 0 saturated heterocycles. The van der Waals surface area contributed by atoms with E-state index in [1.165, 1.54) is 6.39 Å². The summed E-state index contributed by atoms with van der Waals surface area (Å²) >= 11 is 12.2. The van der Waals surface area contributed by atoms with E-state index >= 15 is 0 Å². The lowest BCUT2D eigenvalue weighted by Gasteiger charge is -2.27. The number of fused-ring (bicyclic) bond motifs is 1. The van der Waals surface area contributed by atoms with Gasteiger partial charge in [0.2, 0.25) is 6.39 Å². The number of nitrogens with zero attached hydrogens (tertiary/aromatic N) is 2. The normalized spacial score (nSPS) is 17.6. The first-order valence-electron chi connectivity index (χ1n) is 6.34. The van der Waals surface area contributed by atoms with Gasteiger partial charge < -0.3 is 14.6 Å². The Bertz CT molecular complexity index is 590. The van der Waals surface area contributed by atoms with Crippen LogP contribution in [-0.4, -0.2) is 23.3 Å². The first kappa shape index (κ1) is 13.7. The Hall–Kier alpha value is -1.30. The maximum atomic E-state index is 6.16. The number of halogens is 2. The fourth-order valence-corrected chi connectivity index (χ4v) is 2.86. The van der Waals surface area contributed by atoms with Gasteiger partial charge in [0.1, 0.15) is 5.75 Å². The molecule has 20 heavy (non-hydrogen) atoms. The van der Waals surface area contributed by atoms with Gasteiger partial charge in [-0.3, -0.25) is 0 Å². The number of hydrogen-bond donors (Lipinski definition) is 1. The second-order valence-electron chi connectivity index (χ2n) is 4.55. The fourth-order valence-electron chi connectivity index (χ4n) is 2.30. The smallest absolute Gasteiger partial charge is 0.213 e. The summed E-state index contributed by atoms with van der Waals surface area (Å²) in [7, 11) is 0. The molecule has 0 saturated carbocycles. The van der Waals surface area contributed by atoms with Crippen molar-refractivity contribution < 1.29 is 9.26 Å². The molecule has 0 amide bonds. The number of benzene rings is 1. The van der Waals surface area contributed by atoms with Gasteiger partial charge in [0.15, 0.2) is 5.82 Å². The van der Waals surface area contributed by atoms with Crippen LogP contribution in [0, 0.1) is 0 Å². The van der Waals surface area contributed by atoms with Crippen LogP contribution in [0.5, 0.6) is 5.75 Å². The van der Waals surface area contributed by atoms with Crippen LogP contribution < -0.4 is 10.1 Å². The lowest BCUT2D eigenvalue weighted by atomic mass is 10.0.